The first-order valence-electron chi connectivity index (χ1n) is 13.0. The number of alkyl halides is 3. The summed E-state index contributed by atoms with van der Waals surface area (Å²) in [6.45, 7) is 4.61. The number of hydrogen-bond donors (Lipinski definition) is 0. The zero-order valence-electron chi connectivity index (χ0n) is 21.5. The number of rotatable bonds is 5. The Kier molecular flexibility index (Phi) is 6.56. The number of piperazine rings is 1. The molecular weight excluding hydrogens is 499 g/mol. The van der Waals surface area contributed by atoms with Crippen molar-refractivity contribution >= 4 is 11.5 Å². The van der Waals surface area contributed by atoms with Crippen molar-refractivity contribution in [2.45, 2.75) is 19.1 Å². The molecule has 0 N–H and O–H groups in total. The highest BCUT2D eigenvalue weighted by atomic mass is 19.4. The Balaban J connectivity index is 1.36. The predicted molar refractivity (Wildman–Crippen MR) is 147 cm³/mol. The average Bonchev–Trinajstić information content (AvgIpc) is 3.35. The van der Waals surface area contributed by atoms with Crippen molar-refractivity contribution in [3.63, 3.8) is 0 Å². The van der Waals surface area contributed by atoms with E-state index in [4.69, 9.17) is 0 Å². The Morgan fingerprint density at radius 2 is 1.28 bits per heavy atom. The highest BCUT2D eigenvalue weighted by Gasteiger charge is 2.40. The van der Waals surface area contributed by atoms with Crippen LogP contribution < -0.4 is 4.90 Å². The molecule has 0 bridgehead atoms. The zero-order chi connectivity index (χ0) is 27.0. The van der Waals surface area contributed by atoms with E-state index < -0.39 is 11.9 Å². The largest absolute Gasteiger partial charge is 0.435 e. The molecule has 1 aliphatic heterocycles. The second-order valence-corrected chi connectivity index (χ2v) is 9.83. The summed E-state index contributed by atoms with van der Waals surface area (Å²) in [5.41, 5.74) is 2.85. The number of aromatic nitrogens is 3. The van der Waals surface area contributed by atoms with E-state index in [1.165, 1.54) is 15.6 Å². The van der Waals surface area contributed by atoms with Gasteiger partial charge in [0.25, 0.3) is 0 Å². The van der Waals surface area contributed by atoms with Crippen LogP contribution in [0.1, 0.15) is 28.6 Å². The van der Waals surface area contributed by atoms with Gasteiger partial charge in [-0.25, -0.2) is 4.98 Å². The molecule has 0 radical (unpaired) electrons. The van der Waals surface area contributed by atoms with E-state index in [-0.39, 0.29) is 17.3 Å². The molecule has 0 unspecified atom stereocenters. The van der Waals surface area contributed by atoms with Crippen molar-refractivity contribution in [1.29, 1.82) is 0 Å². The predicted octanol–water partition coefficient (Wildman–Crippen LogP) is 6.64. The smallest absolute Gasteiger partial charge is 0.354 e. The highest BCUT2D eigenvalue weighted by Crippen LogP contribution is 2.40. The van der Waals surface area contributed by atoms with Crippen molar-refractivity contribution in [2.75, 3.05) is 31.1 Å². The van der Waals surface area contributed by atoms with Gasteiger partial charge in [0.15, 0.2) is 11.3 Å². The third-order valence-corrected chi connectivity index (χ3v) is 7.26. The van der Waals surface area contributed by atoms with Crippen LogP contribution in [0.3, 0.4) is 0 Å². The Bertz CT molecular complexity index is 1520. The molecule has 0 saturated carbocycles. The van der Waals surface area contributed by atoms with Crippen molar-refractivity contribution in [3.8, 4) is 11.1 Å². The molecule has 2 aromatic heterocycles. The first kappa shape index (κ1) is 25.1. The van der Waals surface area contributed by atoms with E-state index in [1.807, 2.05) is 25.1 Å². The van der Waals surface area contributed by atoms with Crippen molar-refractivity contribution in [3.05, 3.63) is 120 Å². The molecule has 0 atom stereocenters. The van der Waals surface area contributed by atoms with Gasteiger partial charge in [0.05, 0.1) is 11.6 Å². The number of hydrogen-bond acceptors (Lipinski definition) is 4. The van der Waals surface area contributed by atoms with Crippen molar-refractivity contribution in [2.24, 2.45) is 0 Å². The van der Waals surface area contributed by atoms with Crippen molar-refractivity contribution < 1.29 is 13.2 Å². The maximum Gasteiger partial charge on any atom is 0.435 e. The lowest BCUT2D eigenvalue weighted by Crippen LogP contribution is -2.48. The van der Waals surface area contributed by atoms with Crippen LogP contribution >= 0.6 is 0 Å². The van der Waals surface area contributed by atoms with E-state index in [0.29, 0.717) is 30.2 Å². The summed E-state index contributed by atoms with van der Waals surface area (Å²) in [6, 6.07) is 31.3. The fourth-order valence-electron chi connectivity index (χ4n) is 5.51. The maximum atomic E-state index is 14.2. The van der Waals surface area contributed by atoms with Gasteiger partial charge in [-0.2, -0.15) is 22.8 Å². The molecular formula is C31H28F3N5. The second-order valence-electron chi connectivity index (χ2n) is 9.83. The monoisotopic (exact) mass is 527 g/mol. The van der Waals surface area contributed by atoms with Gasteiger partial charge in [0.1, 0.15) is 5.82 Å². The van der Waals surface area contributed by atoms with Gasteiger partial charge in [0, 0.05) is 37.9 Å². The van der Waals surface area contributed by atoms with E-state index in [2.05, 4.69) is 68.4 Å². The third kappa shape index (κ3) is 4.88. The Morgan fingerprint density at radius 3 is 1.82 bits per heavy atom. The number of anilines is 1. The van der Waals surface area contributed by atoms with E-state index in [0.717, 1.165) is 13.1 Å². The minimum absolute atomic E-state index is 0.0138. The SMILES string of the molecule is Cc1cc(N2CCN(C(c3ccccc3)c3ccccc3)CC2)n2nc(C(F)(F)F)c(-c3ccccc3)c2n1. The van der Waals surface area contributed by atoms with Crippen LogP contribution in [-0.4, -0.2) is 45.7 Å². The number of benzene rings is 3. The topological polar surface area (TPSA) is 36.7 Å². The summed E-state index contributed by atoms with van der Waals surface area (Å²) in [5, 5.41) is 4.10. The highest BCUT2D eigenvalue weighted by molar-refractivity contribution is 5.81. The Morgan fingerprint density at radius 1 is 0.744 bits per heavy atom. The quantitative estimate of drug-likeness (QED) is 0.257. The molecule has 39 heavy (non-hydrogen) atoms. The van der Waals surface area contributed by atoms with Gasteiger partial charge in [-0.05, 0) is 23.6 Å². The normalized spacial score (nSPS) is 14.8. The molecule has 8 heteroatoms. The lowest BCUT2D eigenvalue weighted by molar-refractivity contribution is -0.140. The van der Waals surface area contributed by atoms with Crippen LogP contribution in [0.15, 0.2) is 97.1 Å². The number of aryl methyl sites for hydroxylation is 1. The van der Waals surface area contributed by atoms with Gasteiger partial charge in [0.2, 0.25) is 0 Å². The van der Waals surface area contributed by atoms with E-state index in [1.54, 1.807) is 30.3 Å². The minimum atomic E-state index is -4.61. The molecule has 5 aromatic rings. The lowest BCUT2D eigenvalue weighted by atomic mass is 9.96. The molecule has 3 heterocycles. The van der Waals surface area contributed by atoms with Crippen LogP contribution in [0.4, 0.5) is 19.0 Å². The molecule has 198 valence electrons. The fourth-order valence-corrected chi connectivity index (χ4v) is 5.51. The molecule has 1 aliphatic rings. The van der Waals surface area contributed by atoms with Crippen LogP contribution in [0.5, 0.6) is 0 Å². The number of halogens is 3. The second kappa shape index (κ2) is 10.2. The molecule has 6 rings (SSSR count). The standard InChI is InChI=1S/C31H28F3N5/c1-22-21-26(39-30(35-22)27(23-11-5-2-6-12-23)29(36-39)31(32,33)34)37-17-19-38(20-18-37)28(24-13-7-3-8-14-24)25-15-9-4-10-16-25/h2-16,21,28H,17-20H2,1H3. The Labute approximate surface area is 225 Å². The van der Waals surface area contributed by atoms with Crippen LogP contribution in [0.25, 0.3) is 16.8 Å². The molecule has 3 aromatic carbocycles. The summed E-state index contributed by atoms with van der Waals surface area (Å²) in [6.07, 6.45) is -4.61. The molecule has 0 spiro atoms. The van der Waals surface area contributed by atoms with Crippen molar-refractivity contribution in [1.82, 2.24) is 19.5 Å². The summed E-state index contributed by atoms with van der Waals surface area (Å²) in [7, 11) is 0. The molecule has 0 aliphatic carbocycles. The number of fused-ring (bicyclic) bond motifs is 1. The minimum Gasteiger partial charge on any atom is -0.354 e. The maximum absolute atomic E-state index is 14.2. The van der Waals surface area contributed by atoms with Crippen LogP contribution in [0, 0.1) is 6.92 Å². The fraction of sp³-hybridized carbons (Fsp3) is 0.226. The zero-order valence-corrected chi connectivity index (χ0v) is 21.5. The molecule has 1 saturated heterocycles. The lowest BCUT2D eigenvalue weighted by Gasteiger charge is -2.40. The van der Waals surface area contributed by atoms with Crippen LogP contribution in [0.2, 0.25) is 0 Å². The summed E-state index contributed by atoms with van der Waals surface area (Å²) < 4.78 is 43.9. The summed E-state index contributed by atoms with van der Waals surface area (Å²) in [4.78, 5) is 9.08. The van der Waals surface area contributed by atoms with Gasteiger partial charge in [-0.15, -0.1) is 0 Å². The Hall–Kier alpha value is -4.17. The summed E-state index contributed by atoms with van der Waals surface area (Å²) in [5.74, 6) is 0.626. The average molecular weight is 528 g/mol. The molecule has 5 nitrogen and oxygen atoms in total. The van der Waals surface area contributed by atoms with Gasteiger partial charge < -0.3 is 4.90 Å². The summed E-state index contributed by atoms with van der Waals surface area (Å²) >= 11 is 0. The van der Waals surface area contributed by atoms with E-state index in [9.17, 15) is 13.2 Å². The first-order chi connectivity index (χ1) is 18.9. The first-order valence-corrected chi connectivity index (χ1v) is 13.0. The molecule has 1 fully saturated rings. The van der Waals surface area contributed by atoms with Gasteiger partial charge in [-0.1, -0.05) is 91.0 Å². The molecule has 0 amide bonds. The third-order valence-electron chi connectivity index (χ3n) is 7.26. The van der Waals surface area contributed by atoms with E-state index >= 15 is 0 Å². The van der Waals surface area contributed by atoms with Gasteiger partial charge >= 0.3 is 6.18 Å². The number of nitrogens with zero attached hydrogens (tertiary/aromatic N) is 5. The van der Waals surface area contributed by atoms with Gasteiger partial charge in [-0.3, -0.25) is 4.90 Å². The van der Waals surface area contributed by atoms with Crippen LogP contribution in [-0.2, 0) is 6.18 Å².